The Hall–Kier alpha value is -3.08. The van der Waals surface area contributed by atoms with Crippen LogP contribution < -0.4 is 10.1 Å². The lowest BCUT2D eigenvalue weighted by Gasteiger charge is -2.26. The molecule has 4 aromatic rings. The molecular formula is C26H28N2O2. The average molecular weight is 401 g/mol. The molecule has 0 aliphatic heterocycles. The molecule has 4 rings (SSSR count). The Morgan fingerprint density at radius 1 is 0.900 bits per heavy atom. The van der Waals surface area contributed by atoms with E-state index in [0.717, 1.165) is 27.8 Å². The predicted molar refractivity (Wildman–Crippen MR) is 122 cm³/mol. The van der Waals surface area contributed by atoms with Gasteiger partial charge in [0, 0.05) is 23.6 Å². The lowest BCUT2D eigenvalue weighted by atomic mass is 10.0. The first-order chi connectivity index (χ1) is 14.7. The SMILES string of the molecule is CNCC(O)C(c1ccccc1)n1ccc2cc(OC(C)c3ccccc3)ccc21. The molecule has 154 valence electrons. The number of ether oxygens (including phenoxy) is 1. The van der Waals surface area contributed by atoms with Gasteiger partial charge in [-0.3, -0.25) is 0 Å². The number of nitrogens with zero attached hydrogens (tertiary/aromatic N) is 1. The van der Waals surface area contributed by atoms with Crippen LogP contribution >= 0.6 is 0 Å². The monoisotopic (exact) mass is 400 g/mol. The fourth-order valence-corrected chi connectivity index (χ4v) is 3.99. The zero-order valence-corrected chi connectivity index (χ0v) is 17.4. The van der Waals surface area contributed by atoms with Crippen LogP contribution in [0.4, 0.5) is 0 Å². The maximum atomic E-state index is 10.9. The maximum absolute atomic E-state index is 10.9. The van der Waals surface area contributed by atoms with Crippen LogP contribution in [0.2, 0.25) is 0 Å². The summed E-state index contributed by atoms with van der Waals surface area (Å²) >= 11 is 0. The lowest BCUT2D eigenvalue weighted by molar-refractivity contribution is 0.132. The van der Waals surface area contributed by atoms with Gasteiger partial charge in [-0.25, -0.2) is 0 Å². The van der Waals surface area contributed by atoms with Gasteiger partial charge in [-0.1, -0.05) is 60.7 Å². The average Bonchev–Trinajstić information content (AvgIpc) is 3.18. The summed E-state index contributed by atoms with van der Waals surface area (Å²) in [7, 11) is 1.86. The van der Waals surface area contributed by atoms with Gasteiger partial charge in [0.25, 0.3) is 0 Å². The third kappa shape index (κ3) is 4.25. The van der Waals surface area contributed by atoms with Crippen molar-refractivity contribution in [2.75, 3.05) is 13.6 Å². The van der Waals surface area contributed by atoms with Crippen molar-refractivity contribution in [3.8, 4) is 5.75 Å². The summed E-state index contributed by atoms with van der Waals surface area (Å²) in [5, 5.41) is 15.1. The number of aliphatic hydroxyl groups is 1. The second kappa shape index (κ2) is 9.16. The third-order valence-corrected chi connectivity index (χ3v) is 5.49. The number of aromatic nitrogens is 1. The summed E-state index contributed by atoms with van der Waals surface area (Å²) in [4.78, 5) is 0. The largest absolute Gasteiger partial charge is 0.486 e. The number of hydrogen-bond acceptors (Lipinski definition) is 3. The summed E-state index contributed by atoms with van der Waals surface area (Å²) in [5.74, 6) is 0.837. The van der Waals surface area contributed by atoms with Crippen molar-refractivity contribution in [2.45, 2.75) is 25.2 Å². The van der Waals surface area contributed by atoms with Gasteiger partial charge >= 0.3 is 0 Å². The number of hydrogen-bond donors (Lipinski definition) is 2. The van der Waals surface area contributed by atoms with Gasteiger partial charge in [-0.05, 0) is 49.4 Å². The lowest BCUT2D eigenvalue weighted by Crippen LogP contribution is -2.33. The highest BCUT2D eigenvalue weighted by Gasteiger charge is 2.23. The molecule has 0 aliphatic carbocycles. The highest BCUT2D eigenvalue weighted by molar-refractivity contribution is 5.82. The Labute approximate surface area is 177 Å². The first-order valence-electron chi connectivity index (χ1n) is 10.4. The minimum absolute atomic E-state index is 0.0275. The van der Waals surface area contributed by atoms with Crippen LogP contribution in [0.1, 0.15) is 30.2 Å². The minimum Gasteiger partial charge on any atom is -0.486 e. The van der Waals surface area contributed by atoms with E-state index in [9.17, 15) is 5.11 Å². The molecule has 3 atom stereocenters. The van der Waals surface area contributed by atoms with Crippen molar-refractivity contribution in [1.82, 2.24) is 9.88 Å². The molecule has 0 saturated carbocycles. The Kier molecular flexibility index (Phi) is 6.17. The molecule has 2 N–H and O–H groups in total. The van der Waals surface area contributed by atoms with Gasteiger partial charge in [-0.2, -0.15) is 0 Å². The second-order valence-corrected chi connectivity index (χ2v) is 7.59. The highest BCUT2D eigenvalue weighted by atomic mass is 16.5. The standard InChI is InChI=1S/C26H28N2O2/c1-19(20-9-5-3-6-10-20)30-23-13-14-24-22(17-23)15-16-28(24)26(25(29)18-27-2)21-11-7-4-8-12-21/h3-17,19,25-27,29H,18H2,1-2H3. The molecule has 30 heavy (non-hydrogen) atoms. The topological polar surface area (TPSA) is 46.4 Å². The molecule has 0 radical (unpaired) electrons. The molecule has 0 amide bonds. The second-order valence-electron chi connectivity index (χ2n) is 7.59. The van der Waals surface area contributed by atoms with Crippen LogP contribution in [0.3, 0.4) is 0 Å². The molecule has 4 heteroatoms. The van der Waals surface area contributed by atoms with E-state index in [0.29, 0.717) is 6.54 Å². The normalized spacial score (nSPS) is 14.4. The molecule has 1 heterocycles. The van der Waals surface area contributed by atoms with Crippen molar-refractivity contribution in [3.63, 3.8) is 0 Å². The van der Waals surface area contributed by atoms with Gasteiger partial charge in [-0.15, -0.1) is 0 Å². The van der Waals surface area contributed by atoms with Crippen molar-refractivity contribution in [3.05, 3.63) is 102 Å². The fraction of sp³-hybridized carbons (Fsp3) is 0.231. The predicted octanol–water partition coefficient (Wildman–Crippen LogP) is 4.95. The molecule has 1 aromatic heterocycles. The number of benzene rings is 3. The van der Waals surface area contributed by atoms with Crippen LogP contribution in [0.5, 0.6) is 5.75 Å². The number of rotatable bonds is 8. The molecule has 0 spiro atoms. The van der Waals surface area contributed by atoms with E-state index >= 15 is 0 Å². The first kappa shape index (κ1) is 20.2. The van der Waals surface area contributed by atoms with E-state index in [1.54, 1.807) is 0 Å². The van der Waals surface area contributed by atoms with Crippen molar-refractivity contribution in [1.29, 1.82) is 0 Å². The van der Waals surface area contributed by atoms with Gasteiger partial charge in [0.15, 0.2) is 0 Å². The van der Waals surface area contributed by atoms with E-state index in [4.69, 9.17) is 4.74 Å². The number of likely N-dealkylation sites (N-methyl/N-ethyl adjacent to an activating group) is 1. The van der Waals surface area contributed by atoms with Crippen LogP contribution in [-0.2, 0) is 0 Å². The summed E-state index contributed by atoms with van der Waals surface area (Å²) in [5.41, 5.74) is 3.30. The Bertz CT molecular complexity index is 1080. The summed E-state index contributed by atoms with van der Waals surface area (Å²) in [6.45, 7) is 2.57. The van der Waals surface area contributed by atoms with E-state index in [1.165, 1.54) is 0 Å². The zero-order valence-electron chi connectivity index (χ0n) is 17.4. The summed E-state index contributed by atoms with van der Waals surface area (Å²) < 4.78 is 8.33. The summed E-state index contributed by atoms with van der Waals surface area (Å²) in [6.07, 6.45) is 1.47. The Balaban J connectivity index is 1.65. The Morgan fingerprint density at radius 3 is 2.23 bits per heavy atom. The molecule has 3 unspecified atom stereocenters. The zero-order chi connectivity index (χ0) is 20.9. The highest BCUT2D eigenvalue weighted by Crippen LogP contribution is 2.31. The minimum atomic E-state index is -0.554. The van der Waals surface area contributed by atoms with Crippen LogP contribution in [0, 0.1) is 0 Å². The molecule has 0 fully saturated rings. The number of nitrogens with one attached hydrogen (secondary N) is 1. The van der Waals surface area contributed by atoms with Gasteiger partial charge in [0.05, 0.1) is 12.1 Å². The van der Waals surface area contributed by atoms with Gasteiger partial charge in [0.1, 0.15) is 11.9 Å². The third-order valence-electron chi connectivity index (χ3n) is 5.49. The van der Waals surface area contributed by atoms with Gasteiger partial charge in [0.2, 0.25) is 0 Å². The number of fused-ring (bicyclic) bond motifs is 1. The molecule has 4 nitrogen and oxygen atoms in total. The van der Waals surface area contributed by atoms with Crippen LogP contribution in [0.25, 0.3) is 10.9 Å². The molecular weight excluding hydrogens is 372 g/mol. The van der Waals surface area contributed by atoms with Gasteiger partial charge < -0.3 is 19.7 Å². The molecule has 3 aromatic carbocycles. The quantitative estimate of drug-likeness (QED) is 0.440. The molecule has 0 bridgehead atoms. The van der Waals surface area contributed by atoms with Crippen LogP contribution in [0.15, 0.2) is 91.1 Å². The first-order valence-corrected chi connectivity index (χ1v) is 10.4. The molecule has 0 aliphatic rings. The van der Waals surface area contributed by atoms with E-state index in [-0.39, 0.29) is 12.1 Å². The van der Waals surface area contributed by atoms with E-state index in [1.807, 2.05) is 55.7 Å². The van der Waals surface area contributed by atoms with Crippen molar-refractivity contribution in [2.24, 2.45) is 0 Å². The smallest absolute Gasteiger partial charge is 0.121 e. The maximum Gasteiger partial charge on any atom is 0.121 e. The summed E-state index contributed by atoms with van der Waals surface area (Å²) in [6, 6.07) is 28.4. The van der Waals surface area contributed by atoms with E-state index in [2.05, 4.69) is 59.3 Å². The molecule has 0 saturated heterocycles. The van der Waals surface area contributed by atoms with Crippen LogP contribution in [-0.4, -0.2) is 29.4 Å². The van der Waals surface area contributed by atoms with Crippen molar-refractivity contribution < 1.29 is 9.84 Å². The Morgan fingerprint density at radius 2 is 1.57 bits per heavy atom. The number of aliphatic hydroxyl groups excluding tert-OH is 1. The fourth-order valence-electron chi connectivity index (χ4n) is 3.99. The van der Waals surface area contributed by atoms with E-state index < -0.39 is 6.10 Å². The van der Waals surface area contributed by atoms with Crippen molar-refractivity contribution >= 4 is 10.9 Å².